The monoisotopic (exact) mass is 147 g/mol. The molecule has 0 saturated heterocycles. The quantitative estimate of drug-likeness (QED) is 0.478. The van der Waals surface area contributed by atoms with E-state index in [0.717, 1.165) is 0 Å². The van der Waals surface area contributed by atoms with Crippen LogP contribution < -0.4 is 4.83 Å². The number of hydrogen-bond donors (Lipinski definition) is 2. The lowest BCUT2D eigenvalue weighted by atomic mass is 11.0. The second kappa shape index (κ2) is 2.28. The van der Waals surface area contributed by atoms with Gasteiger partial charge in [0.05, 0.1) is 6.20 Å². The van der Waals surface area contributed by atoms with E-state index in [-0.39, 0.29) is 0 Å². The lowest BCUT2D eigenvalue weighted by molar-refractivity contribution is 0.221. The van der Waals surface area contributed by atoms with E-state index in [1.54, 1.807) is 23.7 Å². The van der Waals surface area contributed by atoms with Crippen molar-refractivity contribution in [1.82, 2.24) is 9.84 Å². The summed E-state index contributed by atoms with van der Waals surface area (Å²) >= 11 is -0.797. The fraction of sp³-hybridized carbons (Fsp3) is 0.250. The molecule has 1 unspecified atom stereocenters. The number of nitrogens with one attached hydrogen (secondary N) is 1. The molecule has 4 nitrogen and oxygen atoms in total. The zero-order valence-corrected chi connectivity index (χ0v) is 5.68. The molecule has 0 saturated carbocycles. The van der Waals surface area contributed by atoms with Crippen LogP contribution in [0.1, 0.15) is 0 Å². The second-order valence-electron chi connectivity index (χ2n) is 1.59. The summed E-state index contributed by atoms with van der Waals surface area (Å²) in [6, 6.07) is 0. The van der Waals surface area contributed by atoms with Gasteiger partial charge in [-0.25, -0.2) is 0 Å². The van der Waals surface area contributed by atoms with Crippen molar-refractivity contribution in [1.29, 1.82) is 0 Å². The molecule has 0 aliphatic carbocycles. The van der Waals surface area contributed by atoms with Crippen molar-refractivity contribution in [3.8, 4) is 0 Å². The van der Waals surface area contributed by atoms with E-state index in [4.69, 9.17) is 5.11 Å². The van der Waals surface area contributed by atoms with E-state index in [9.17, 15) is 4.79 Å². The van der Waals surface area contributed by atoms with E-state index in [1.165, 1.54) is 0 Å². The Bertz CT molecular complexity index is 159. The number of hydrazine groups is 1. The van der Waals surface area contributed by atoms with E-state index in [2.05, 4.69) is 4.83 Å². The maximum atomic E-state index is 10.2. The summed E-state index contributed by atoms with van der Waals surface area (Å²) in [5.41, 5.74) is 0. The molecule has 2 N–H and O–H groups in total. The summed E-state index contributed by atoms with van der Waals surface area (Å²) in [6.45, 7) is 0. The minimum Gasteiger partial charge on any atom is -0.439 e. The summed E-state index contributed by atoms with van der Waals surface area (Å²) in [4.78, 5) is 12.9. The first-order valence-corrected chi connectivity index (χ1v) is 3.62. The van der Waals surface area contributed by atoms with Gasteiger partial charge in [0.2, 0.25) is 11.1 Å². The first-order valence-electron chi connectivity index (χ1n) is 2.33. The number of nitrogens with zero attached hydrogens (tertiary/aromatic N) is 1. The molecule has 0 aromatic rings. The van der Waals surface area contributed by atoms with Gasteiger partial charge in [-0.1, -0.05) is 0 Å². The van der Waals surface area contributed by atoms with Crippen molar-refractivity contribution in [3.63, 3.8) is 0 Å². The van der Waals surface area contributed by atoms with Crippen molar-refractivity contribution >= 4 is 16.4 Å². The minimum atomic E-state index is -0.824. The predicted molar refractivity (Wildman–Crippen MR) is 35.4 cm³/mol. The van der Waals surface area contributed by atoms with Gasteiger partial charge in [-0.3, -0.25) is 5.01 Å². The molecule has 9 heavy (non-hydrogen) atoms. The Labute approximate surface area is 55.6 Å². The van der Waals surface area contributed by atoms with Crippen LogP contribution in [0.2, 0.25) is 0 Å². The highest BCUT2D eigenvalue weighted by Crippen LogP contribution is 2.03. The fourth-order valence-electron chi connectivity index (χ4n) is 0.465. The Morgan fingerprint density at radius 2 is 2.56 bits per heavy atom. The molecule has 1 aliphatic rings. The molecule has 1 rings (SSSR count). The standard InChI is InChI=1S/C4H6N2O2S/c1-6-2-3-9(5-6)4(7)8/h2-3,5H,1H3/p+1. The van der Waals surface area contributed by atoms with Gasteiger partial charge in [-0.2, -0.15) is 4.79 Å². The topological polar surface area (TPSA) is 52.6 Å². The molecule has 5 heteroatoms. The highest BCUT2D eigenvalue weighted by atomic mass is 32.2. The summed E-state index contributed by atoms with van der Waals surface area (Å²) < 4.78 is 0. The Hall–Kier alpha value is -0.680. The number of rotatable bonds is 0. The molecule has 1 atom stereocenters. The summed E-state index contributed by atoms with van der Waals surface area (Å²) in [7, 11) is 1.76. The summed E-state index contributed by atoms with van der Waals surface area (Å²) in [5, 5.41) is 10.8. The van der Waals surface area contributed by atoms with Crippen molar-refractivity contribution in [3.05, 3.63) is 11.6 Å². The van der Waals surface area contributed by atoms with Crippen LogP contribution in [0, 0.1) is 0 Å². The lowest BCUT2D eigenvalue weighted by Gasteiger charge is -2.00. The van der Waals surface area contributed by atoms with Crippen LogP contribution in [-0.2, 0) is 11.1 Å². The predicted octanol–water partition coefficient (Wildman–Crippen LogP) is 0.119. The maximum Gasteiger partial charge on any atom is 0.551 e. The Morgan fingerprint density at radius 3 is 2.78 bits per heavy atom. The lowest BCUT2D eigenvalue weighted by Crippen LogP contribution is -2.32. The molecule has 0 radical (unpaired) electrons. The Kier molecular flexibility index (Phi) is 1.63. The normalized spacial score (nSPS) is 25.0. The molecule has 0 aromatic heterocycles. The third-order valence-electron chi connectivity index (χ3n) is 0.851. The molecule has 0 bridgehead atoms. The zero-order valence-electron chi connectivity index (χ0n) is 4.87. The van der Waals surface area contributed by atoms with Gasteiger partial charge in [0, 0.05) is 7.05 Å². The first-order chi connectivity index (χ1) is 4.20. The van der Waals surface area contributed by atoms with E-state index in [0.29, 0.717) is 0 Å². The van der Waals surface area contributed by atoms with Gasteiger partial charge >= 0.3 is 5.30 Å². The van der Waals surface area contributed by atoms with Crippen molar-refractivity contribution < 1.29 is 9.90 Å². The van der Waals surface area contributed by atoms with Gasteiger partial charge in [0.15, 0.2) is 5.41 Å². The van der Waals surface area contributed by atoms with Crippen LogP contribution in [0.3, 0.4) is 0 Å². The number of carbonyl (C=O) groups is 1. The molecule has 50 valence electrons. The summed E-state index contributed by atoms with van der Waals surface area (Å²) in [6.07, 6.45) is 1.69. The van der Waals surface area contributed by atoms with E-state index in [1.807, 2.05) is 0 Å². The Balaban J connectivity index is 2.50. The highest BCUT2D eigenvalue weighted by molar-refractivity contribution is 8.11. The van der Waals surface area contributed by atoms with Gasteiger partial charge in [0.1, 0.15) is 0 Å². The number of hydrogen-bond acceptors (Lipinski definition) is 3. The molecular weight excluding hydrogens is 140 g/mol. The molecule has 0 amide bonds. The van der Waals surface area contributed by atoms with E-state index < -0.39 is 16.4 Å². The molecule has 0 fully saturated rings. The average molecular weight is 147 g/mol. The van der Waals surface area contributed by atoms with Crippen LogP contribution >= 0.6 is 0 Å². The summed E-state index contributed by atoms with van der Waals surface area (Å²) in [5.74, 6) is 0. The van der Waals surface area contributed by atoms with Crippen LogP contribution in [0.25, 0.3) is 0 Å². The smallest absolute Gasteiger partial charge is 0.439 e. The Morgan fingerprint density at radius 1 is 1.89 bits per heavy atom. The molecule has 0 spiro atoms. The third-order valence-corrected chi connectivity index (χ3v) is 2.11. The van der Waals surface area contributed by atoms with Crippen molar-refractivity contribution in [2.75, 3.05) is 7.05 Å². The van der Waals surface area contributed by atoms with Gasteiger partial charge in [-0.15, -0.1) is 0 Å². The van der Waals surface area contributed by atoms with E-state index >= 15 is 0 Å². The van der Waals surface area contributed by atoms with Crippen LogP contribution in [0.5, 0.6) is 0 Å². The minimum absolute atomic E-state index is 0.797. The number of carboxylic acid groups (broad SMARTS) is 1. The zero-order chi connectivity index (χ0) is 6.85. The van der Waals surface area contributed by atoms with Crippen molar-refractivity contribution in [2.24, 2.45) is 0 Å². The van der Waals surface area contributed by atoms with Crippen LogP contribution in [-0.4, -0.2) is 22.5 Å². The van der Waals surface area contributed by atoms with Gasteiger partial charge in [0.25, 0.3) is 0 Å². The van der Waals surface area contributed by atoms with Gasteiger partial charge in [-0.05, 0) is 4.83 Å². The van der Waals surface area contributed by atoms with Crippen molar-refractivity contribution in [2.45, 2.75) is 0 Å². The maximum absolute atomic E-state index is 10.2. The third kappa shape index (κ3) is 1.36. The largest absolute Gasteiger partial charge is 0.551 e. The molecular formula is C4H7N2O2S+. The highest BCUT2D eigenvalue weighted by Gasteiger charge is 2.32. The second-order valence-corrected chi connectivity index (χ2v) is 3.07. The molecule has 1 heterocycles. The van der Waals surface area contributed by atoms with Crippen LogP contribution in [0.4, 0.5) is 4.79 Å². The van der Waals surface area contributed by atoms with Crippen LogP contribution in [0.15, 0.2) is 11.6 Å². The fourth-order valence-corrected chi connectivity index (χ4v) is 1.40. The van der Waals surface area contributed by atoms with Gasteiger partial charge < -0.3 is 5.11 Å². The molecule has 1 aliphatic heterocycles. The molecule has 0 aromatic carbocycles. The SMILES string of the molecule is CN1C=C[S+](C(=O)O)N1. The average Bonchev–Trinajstić information content (AvgIpc) is 2.14. The first kappa shape index (κ1) is 6.44.